The molecule has 1 aliphatic rings. The number of esters is 1. The Morgan fingerprint density at radius 3 is 3.00 bits per heavy atom. The Balaban J connectivity index is 2.11. The summed E-state index contributed by atoms with van der Waals surface area (Å²) >= 11 is 6.11. The predicted octanol–water partition coefficient (Wildman–Crippen LogP) is 2.07. The van der Waals surface area contributed by atoms with E-state index in [9.17, 15) is 4.79 Å². The van der Waals surface area contributed by atoms with Crippen molar-refractivity contribution in [1.82, 2.24) is 10.2 Å². The van der Waals surface area contributed by atoms with E-state index < -0.39 is 12.1 Å². The topological polar surface area (TPSA) is 50.8 Å². The number of benzene rings is 1. The molecule has 0 bridgehead atoms. The molecule has 1 aromatic carbocycles. The fourth-order valence-corrected chi connectivity index (χ4v) is 2.78. The van der Waals surface area contributed by atoms with Gasteiger partial charge in [-0.15, -0.1) is 0 Å². The zero-order valence-corrected chi connectivity index (χ0v) is 14.0. The first-order valence-corrected chi connectivity index (χ1v) is 7.86. The zero-order chi connectivity index (χ0) is 16.1. The van der Waals surface area contributed by atoms with Crippen molar-refractivity contribution in [3.8, 4) is 5.75 Å². The molecule has 0 aromatic heterocycles. The van der Waals surface area contributed by atoms with Gasteiger partial charge in [0.25, 0.3) is 0 Å². The number of rotatable bonds is 5. The molecule has 5 nitrogen and oxygen atoms in total. The molecule has 1 aliphatic heterocycles. The average Bonchev–Trinajstić information content (AvgIpc) is 2.49. The second-order valence-electron chi connectivity index (χ2n) is 5.63. The van der Waals surface area contributed by atoms with E-state index in [1.54, 1.807) is 13.0 Å². The van der Waals surface area contributed by atoms with Crippen LogP contribution in [0, 0.1) is 0 Å². The number of ether oxygens (including phenoxy) is 2. The third kappa shape index (κ3) is 4.60. The fourth-order valence-electron chi connectivity index (χ4n) is 2.59. The van der Waals surface area contributed by atoms with Crippen molar-refractivity contribution < 1.29 is 14.3 Å². The lowest BCUT2D eigenvalue weighted by Gasteiger charge is -2.32. The van der Waals surface area contributed by atoms with Crippen molar-refractivity contribution in [2.24, 2.45) is 0 Å². The minimum Gasteiger partial charge on any atom is -0.479 e. The summed E-state index contributed by atoms with van der Waals surface area (Å²) in [5.74, 6) is 0.283. The van der Waals surface area contributed by atoms with E-state index in [1.165, 1.54) is 7.11 Å². The molecular weight excluding hydrogens is 304 g/mol. The molecule has 0 amide bonds. The van der Waals surface area contributed by atoms with Gasteiger partial charge >= 0.3 is 5.97 Å². The van der Waals surface area contributed by atoms with Crippen molar-refractivity contribution in [2.45, 2.75) is 32.5 Å². The van der Waals surface area contributed by atoms with Crippen LogP contribution in [0.15, 0.2) is 18.2 Å². The summed E-state index contributed by atoms with van der Waals surface area (Å²) in [7, 11) is 1.35. The highest BCUT2D eigenvalue weighted by atomic mass is 35.5. The maximum Gasteiger partial charge on any atom is 0.346 e. The van der Waals surface area contributed by atoms with Crippen molar-refractivity contribution in [1.29, 1.82) is 0 Å². The molecule has 0 aliphatic carbocycles. The lowest BCUT2D eigenvalue weighted by atomic mass is 10.1. The third-order valence-electron chi connectivity index (χ3n) is 3.71. The van der Waals surface area contributed by atoms with Crippen LogP contribution in [0.5, 0.6) is 5.75 Å². The van der Waals surface area contributed by atoms with E-state index in [0.29, 0.717) is 16.8 Å². The van der Waals surface area contributed by atoms with Gasteiger partial charge in [-0.05, 0) is 32.0 Å². The molecule has 2 atom stereocenters. The highest BCUT2D eigenvalue weighted by molar-refractivity contribution is 6.30. The van der Waals surface area contributed by atoms with E-state index in [-0.39, 0.29) is 0 Å². The number of carbonyl (C=O) groups is 1. The van der Waals surface area contributed by atoms with Crippen LogP contribution in [0.2, 0.25) is 5.02 Å². The molecule has 1 saturated heterocycles. The van der Waals surface area contributed by atoms with Gasteiger partial charge in [-0.1, -0.05) is 11.6 Å². The molecule has 1 fully saturated rings. The zero-order valence-electron chi connectivity index (χ0n) is 13.3. The van der Waals surface area contributed by atoms with E-state index >= 15 is 0 Å². The Morgan fingerprint density at radius 2 is 2.32 bits per heavy atom. The molecular formula is C16H23ClN2O3. The smallest absolute Gasteiger partial charge is 0.346 e. The molecule has 0 unspecified atom stereocenters. The highest BCUT2D eigenvalue weighted by Crippen LogP contribution is 2.26. The number of nitrogens with zero attached hydrogens (tertiary/aromatic N) is 1. The number of halogens is 1. The van der Waals surface area contributed by atoms with E-state index in [1.807, 2.05) is 12.1 Å². The fraction of sp³-hybridized carbons (Fsp3) is 0.562. The first-order valence-electron chi connectivity index (χ1n) is 7.48. The maximum atomic E-state index is 11.5. The molecule has 122 valence electrons. The normalized spacial score (nSPS) is 20.5. The molecule has 0 radical (unpaired) electrons. The first kappa shape index (κ1) is 17.1. The Labute approximate surface area is 136 Å². The molecule has 6 heteroatoms. The SMILES string of the molecule is COC(=O)[C@H](C)Oc1ccc(Cl)cc1CN1CCN[C@@H](C)C1. The summed E-state index contributed by atoms with van der Waals surface area (Å²) in [6, 6.07) is 5.94. The van der Waals surface area contributed by atoms with Crippen LogP contribution in [0.3, 0.4) is 0 Å². The lowest BCUT2D eigenvalue weighted by molar-refractivity contribution is -0.147. The van der Waals surface area contributed by atoms with Crippen molar-refractivity contribution >= 4 is 17.6 Å². The van der Waals surface area contributed by atoms with E-state index in [2.05, 4.69) is 17.1 Å². The van der Waals surface area contributed by atoms with Gasteiger partial charge in [0.1, 0.15) is 5.75 Å². The van der Waals surface area contributed by atoms with Gasteiger partial charge < -0.3 is 14.8 Å². The second-order valence-corrected chi connectivity index (χ2v) is 6.06. The van der Waals surface area contributed by atoms with Crippen LogP contribution in [0.25, 0.3) is 0 Å². The minimum absolute atomic E-state index is 0.392. The van der Waals surface area contributed by atoms with Crippen molar-refractivity contribution in [3.05, 3.63) is 28.8 Å². The second kappa shape index (κ2) is 7.81. The number of methoxy groups -OCH3 is 1. The van der Waals surface area contributed by atoms with Gasteiger partial charge in [-0.25, -0.2) is 4.79 Å². The molecule has 0 saturated carbocycles. The van der Waals surface area contributed by atoms with Crippen LogP contribution in [-0.2, 0) is 16.1 Å². The predicted molar refractivity (Wildman–Crippen MR) is 86.3 cm³/mol. The molecule has 1 aromatic rings. The van der Waals surface area contributed by atoms with Crippen LogP contribution < -0.4 is 10.1 Å². The Bertz CT molecular complexity index is 524. The van der Waals surface area contributed by atoms with Crippen LogP contribution >= 0.6 is 11.6 Å². The van der Waals surface area contributed by atoms with Gasteiger partial charge in [0.05, 0.1) is 7.11 Å². The number of hydrogen-bond acceptors (Lipinski definition) is 5. The van der Waals surface area contributed by atoms with Gasteiger partial charge in [-0.2, -0.15) is 0 Å². The summed E-state index contributed by atoms with van der Waals surface area (Å²) < 4.78 is 10.4. The van der Waals surface area contributed by atoms with Gasteiger partial charge in [-0.3, -0.25) is 4.90 Å². The van der Waals surface area contributed by atoms with Crippen molar-refractivity contribution in [2.75, 3.05) is 26.7 Å². The minimum atomic E-state index is -0.646. The summed E-state index contributed by atoms with van der Waals surface area (Å²) in [5, 5.41) is 4.08. The summed E-state index contributed by atoms with van der Waals surface area (Å²) in [5.41, 5.74) is 0.984. The van der Waals surface area contributed by atoms with Crippen LogP contribution in [0.1, 0.15) is 19.4 Å². The van der Waals surface area contributed by atoms with Crippen LogP contribution in [-0.4, -0.2) is 49.8 Å². The van der Waals surface area contributed by atoms with Crippen LogP contribution in [0.4, 0.5) is 0 Å². The van der Waals surface area contributed by atoms with Crippen molar-refractivity contribution in [3.63, 3.8) is 0 Å². The van der Waals surface area contributed by atoms with E-state index in [4.69, 9.17) is 21.1 Å². The van der Waals surface area contributed by atoms with Gasteiger partial charge in [0, 0.05) is 42.8 Å². The summed E-state index contributed by atoms with van der Waals surface area (Å²) in [4.78, 5) is 13.9. The lowest BCUT2D eigenvalue weighted by Crippen LogP contribution is -2.48. The quantitative estimate of drug-likeness (QED) is 0.840. The molecule has 1 N–H and O–H groups in total. The Morgan fingerprint density at radius 1 is 1.55 bits per heavy atom. The van der Waals surface area contributed by atoms with Gasteiger partial charge in [0.15, 0.2) is 6.10 Å². The Hall–Kier alpha value is -1.30. The largest absolute Gasteiger partial charge is 0.479 e. The third-order valence-corrected chi connectivity index (χ3v) is 3.94. The monoisotopic (exact) mass is 326 g/mol. The standard InChI is InChI=1S/C16H23ClN2O3/c1-11-9-19(7-6-18-11)10-13-8-14(17)4-5-15(13)22-12(2)16(20)21-3/h4-5,8,11-12,18H,6-7,9-10H2,1-3H3/t11-,12-/m0/s1. The number of carbonyl (C=O) groups excluding carboxylic acids is 1. The first-order chi connectivity index (χ1) is 10.5. The Kier molecular flexibility index (Phi) is 6.06. The summed E-state index contributed by atoms with van der Waals surface area (Å²) in [6.07, 6.45) is -0.646. The number of piperazine rings is 1. The number of nitrogens with one attached hydrogen (secondary N) is 1. The van der Waals surface area contributed by atoms with Gasteiger partial charge in [0.2, 0.25) is 0 Å². The average molecular weight is 327 g/mol. The highest BCUT2D eigenvalue weighted by Gasteiger charge is 2.20. The molecule has 22 heavy (non-hydrogen) atoms. The molecule has 2 rings (SSSR count). The summed E-state index contributed by atoms with van der Waals surface area (Å²) in [6.45, 7) is 7.51. The van der Waals surface area contributed by atoms with E-state index in [0.717, 1.165) is 31.7 Å². The number of hydrogen-bond donors (Lipinski definition) is 1. The molecule has 1 heterocycles. The maximum absolute atomic E-state index is 11.5. The molecule has 0 spiro atoms.